The zero-order valence-electron chi connectivity index (χ0n) is 9.99. The van der Waals surface area contributed by atoms with E-state index >= 15 is 0 Å². The van der Waals surface area contributed by atoms with E-state index < -0.39 is 17.6 Å². The first-order chi connectivity index (χ1) is 8.79. The van der Waals surface area contributed by atoms with Crippen molar-refractivity contribution in [1.82, 2.24) is 9.78 Å². The van der Waals surface area contributed by atoms with Crippen LogP contribution in [-0.2, 0) is 6.18 Å². The average molecular weight is 268 g/mol. The van der Waals surface area contributed by atoms with E-state index in [0.717, 1.165) is 11.6 Å². The summed E-state index contributed by atoms with van der Waals surface area (Å²) < 4.78 is 39.7. The number of amidine groups is 1. The molecule has 7 heteroatoms. The minimum Gasteiger partial charge on any atom is -0.384 e. The molecule has 2 aromatic rings. The summed E-state index contributed by atoms with van der Waals surface area (Å²) in [4.78, 5) is 0. The van der Waals surface area contributed by atoms with Crippen molar-refractivity contribution in [1.29, 1.82) is 5.41 Å². The first-order valence-electron chi connectivity index (χ1n) is 5.36. The van der Waals surface area contributed by atoms with Gasteiger partial charge in [-0.3, -0.25) is 5.41 Å². The molecule has 4 nitrogen and oxygen atoms in total. The molecular weight excluding hydrogens is 257 g/mol. The molecule has 0 saturated carbocycles. The minimum atomic E-state index is -4.54. The van der Waals surface area contributed by atoms with Gasteiger partial charge in [0.15, 0.2) is 0 Å². The zero-order valence-corrected chi connectivity index (χ0v) is 9.99. The number of nitrogens with two attached hydrogens (primary N) is 1. The minimum absolute atomic E-state index is 0.349. The van der Waals surface area contributed by atoms with Crippen LogP contribution in [-0.4, -0.2) is 15.6 Å². The molecule has 0 spiro atoms. The van der Waals surface area contributed by atoms with E-state index in [4.69, 9.17) is 11.1 Å². The van der Waals surface area contributed by atoms with Crippen molar-refractivity contribution in [3.05, 3.63) is 47.3 Å². The van der Waals surface area contributed by atoms with Crippen LogP contribution in [0.2, 0.25) is 0 Å². The Morgan fingerprint density at radius 1 is 1.37 bits per heavy atom. The van der Waals surface area contributed by atoms with Gasteiger partial charge in [-0.25, -0.2) is 4.68 Å². The first-order valence-corrected chi connectivity index (χ1v) is 5.36. The molecule has 0 radical (unpaired) electrons. The number of hydrogen-bond donors (Lipinski definition) is 2. The van der Waals surface area contributed by atoms with Gasteiger partial charge in [0.1, 0.15) is 5.84 Å². The quantitative estimate of drug-likeness (QED) is 0.649. The highest BCUT2D eigenvalue weighted by Gasteiger charge is 2.34. The fourth-order valence-electron chi connectivity index (χ4n) is 1.70. The summed E-state index contributed by atoms with van der Waals surface area (Å²) in [5.41, 5.74) is 5.25. The van der Waals surface area contributed by atoms with Crippen LogP contribution < -0.4 is 5.73 Å². The van der Waals surface area contributed by atoms with Crippen molar-refractivity contribution in [3.63, 3.8) is 0 Å². The number of aryl methyl sites for hydroxylation is 1. The van der Waals surface area contributed by atoms with Crippen molar-refractivity contribution >= 4 is 5.84 Å². The van der Waals surface area contributed by atoms with Gasteiger partial charge in [0.05, 0.1) is 17.4 Å². The average Bonchev–Trinajstić information content (AvgIpc) is 2.74. The van der Waals surface area contributed by atoms with Gasteiger partial charge in [-0.1, -0.05) is 0 Å². The van der Waals surface area contributed by atoms with Crippen molar-refractivity contribution in [2.45, 2.75) is 13.1 Å². The summed E-state index contributed by atoms with van der Waals surface area (Å²) in [5, 5.41) is 11.3. The highest BCUT2D eigenvalue weighted by Crippen LogP contribution is 2.32. The Kier molecular flexibility index (Phi) is 3.05. The predicted octanol–water partition coefficient (Wildman–Crippen LogP) is 2.48. The maximum atomic E-state index is 12.8. The molecule has 0 aliphatic rings. The van der Waals surface area contributed by atoms with Gasteiger partial charge in [0.25, 0.3) is 0 Å². The number of alkyl halides is 3. The van der Waals surface area contributed by atoms with Crippen LogP contribution in [0, 0.1) is 12.3 Å². The predicted molar refractivity (Wildman–Crippen MR) is 64.3 cm³/mol. The van der Waals surface area contributed by atoms with Gasteiger partial charge in [-0.05, 0) is 30.7 Å². The molecular formula is C12H11F3N4. The number of nitrogens with zero attached hydrogens (tertiary/aromatic N) is 2. The van der Waals surface area contributed by atoms with Crippen LogP contribution in [0.4, 0.5) is 13.2 Å². The molecule has 1 aromatic heterocycles. The number of halogens is 3. The van der Waals surface area contributed by atoms with E-state index in [1.54, 1.807) is 12.4 Å². The SMILES string of the molecule is Cc1cnn(-c2ccc(C(F)(F)F)c(C(=N)N)c2)c1. The first kappa shape index (κ1) is 13.1. The van der Waals surface area contributed by atoms with Crippen molar-refractivity contribution in [3.8, 4) is 5.69 Å². The van der Waals surface area contributed by atoms with Gasteiger partial charge in [-0.15, -0.1) is 0 Å². The molecule has 3 N–H and O–H groups in total. The third-order valence-corrected chi connectivity index (χ3v) is 2.57. The second-order valence-electron chi connectivity index (χ2n) is 4.10. The highest BCUT2D eigenvalue weighted by molar-refractivity contribution is 5.97. The second kappa shape index (κ2) is 4.42. The van der Waals surface area contributed by atoms with Crippen LogP contribution in [0.3, 0.4) is 0 Å². The lowest BCUT2D eigenvalue weighted by molar-refractivity contribution is -0.137. The number of nitrogen functional groups attached to an aromatic ring is 1. The zero-order chi connectivity index (χ0) is 14.2. The highest BCUT2D eigenvalue weighted by atomic mass is 19.4. The molecule has 2 rings (SSSR count). The molecule has 19 heavy (non-hydrogen) atoms. The third-order valence-electron chi connectivity index (χ3n) is 2.57. The lowest BCUT2D eigenvalue weighted by atomic mass is 10.1. The Hall–Kier alpha value is -2.31. The van der Waals surface area contributed by atoms with Gasteiger partial charge in [0.2, 0.25) is 0 Å². The fraction of sp³-hybridized carbons (Fsp3) is 0.167. The summed E-state index contributed by atoms with van der Waals surface area (Å²) in [6, 6.07) is 3.41. The van der Waals surface area contributed by atoms with Crippen molar-refractivity contribution < 1.29 is 13.2 Å². The van der Waals surface area contributed by atoms with E-state index in [0.29, 0.717) is 5.69 Å². The molecule has 0 saturated heterocycles. The molecule has 0 fully saturated rings. The Morgan fingerprint density at radius 2 is 2.05 bits per heavy atom. The topological polar surface area (TPSA) is 67.7 Å². The van der Waals surface area contributed by atoms with Gasteiger partial charge < -0.3 is 5.73 Å². The molecule has 0 atom stereocenters. The van der Waals surface area contributed by atoms with Gasteiger partial charge in [0, 0.05) is 11.8 Å². The van der Waals surface area contributed by atoms with Crippen LogP contribution in [0.5, 0.6) is 0 Å². The third kappa shape index (κ3) is 2.59. The van der Waals surface area contributed by atoms with Gasteiger partial charge in [-0.2, -0.15) is 18.3 Å². The standard InChI is InChI=1S/C12H11F3N4/c1-7-5-18-19(6-7)8-2-3-10(12(13,14)15)9(4-8)11(16)17/h2-6H,1H3,(H3,16,17). The molecule has 0 unspecified atom stereocenters. The number of aromatic nitrogens is 2. The molecule has 0 aliphatic carbocycles. The monoisotopic (exact) mass is 268 g/mol. The van der Waals surface area contributed by atoms with Crippen molar-refractivity contribution in [2.24, 2.45) is 5.73 Å². The maximum absolute atomic E-state index is 12.8. The normalized spacial score (nSPS) is 11.6. The molecule has 100 valence electrons. The molecule has 0 amide bonds. The maximum Gasteiger partial charge on any atom is 0.417 e. The van der Waals surface area contributed by atoms with Crippen LogP contribution >= 0.6 is 0 Å². The molecule has 0 aliphatic heterocycles. The Labute approximate surface area is 107 Å². The smallest absolute Gasteiger partial charge is 0.384 e. The number of benzene rings is 1. The van der Waals surface area contributed by atoms with Crippen LogP contribution in [0.1, 0.15) is 16.7 Å². The van der Waals surface area contributed by atoms with E-state index in [9.17, 15) is 13.2 Å². The number of nitrogens with one attached hydrogen (secondary N) is 1. The summed E-state index contributed by atoms with van der Waals surface area (Å²) in [6.07, 6.45) is -1.28. The van der Waals surface area contributed by atoms with Crippen LogP contribution in [0.15, 0.2) is 30.6 Å². The van der Waals surface area contributed by atoms with E-state index in [2.05, 4.69) is 5.10 Å². The second-order valence-corrected chi connectivity index (χ2v) is 4.10. The lowest BCUT2D eigenvalue weighted by Crippen LogP contribution is -2.19. The lowest BCUT2D eigenvalue weighted by Gasteiger charge is -2.13. The van der Waals surface area contributed by atoms with Crippen LogP contribution in [0.25, 0.3) is 5.69 Å². The fourth-order valence-corrected chi connectivity index (χ4v) is 1.70. The Morgan fingerprint density at radius 3 is 2.53 bits per heavy atom. The molecule has 0 bridgehead atoms. The molecule has 1 aromatic carbocycles. The summed E-state index contributed by atoms with van der Waals surface area (Å²) >= 11 is 0. The number of rotatable bonds is 2. The van der Waals surface area contributed by atoms with E-state index in [1.165, 1.54) is 16.8 Å². The summed E-state index contributed by atoms with van der Waals surface area (Å²) in [7, 11) is 0. The Balaban J connectivity index is 2.57. The number of hydrogen-bond acceptors (Lipinski definition) is 2. The Bertz CT molecular complexity index is 628. The van der Waals surface area contributed by atoms with Gasteiger partial charge >= 0.3 is 6.18 Å². The van der Waals surface area contributed by atoms with Crippen molar-refractivity contribution in [2.75, 3.05) is 0 Å². The summed E-state index contributed by atoms with van der Waals surface area (Å²) in [5.74, 6) is -0.627. The largest absolute Gasteiger partial charge is 0.417 e. The van der Waals surface area contributed by atoms with E-state index in [1.807, 2.05) is 6.92 Å². The summed E-state index contributed by atoms with van der Waals surface area (Å²) in [6.45, 7) is 1.82. The molecule has 1 heterocycles. The van der Waals surface area contributed by atoms with E-state index in [-0.39, 0.29) is 5.56 Å².